The van der Waals surface area contributed by atoms with E-state index in [0.29, 0.717) is 17.0 Å². The van der Waals surface area contributed by atoms with Gasteiger partial charge in [-0.25, -0.2) is 0 Å². The van der Waals surface area contributed by atoms with Gasteiger partial charge in [-0.3, -0.25) is 0 Å². The smallest absolute Gasteiger partial charge is 0.222 e. The highest BCUT2D eigenvalue weighted by atomic mass is 16.5. The van der Waals surface area contributed by atoms with Crippen LogP contribution in [0.3, 0.4) is 0 Å². The van der Waals surface area contributed by atoms with Gasteiger partial charge in [0.2, 0.25) is 5.88 Å². The largest absolute Gasteiger partial charge is 0.495 e. The van der Waals surface area contributed by atoms with Gasteiger partial charge < -0.3 is 15.0 Å². The summed E-state index contributed by atoms with van der Waals surface area (Å²) in [6, 6.07) is 7.27. The van der Waals surface area contributed by atoms with Gasteiger partial charge in [0.25, 0.3) is 0 Å². The van der Waals surface area contributed by atoms with Crippen LogP contribution in [0.1, 0.15) is 11.1 Å². The Kier molecular flexibility index (Phi) is 2.71. The fourth-order valence-electron chi connectivity index (χ4n) is 1.70. The molecule has 0 bridgehead atoms. The molecule has 0 amide bonds. The Bertz CT molecular complexity index is 596. The number of benzene rings is 1. The molecule has 86 valence electrons. The maximum atomic E-state index is 9.05. The Balaban J connectivity index is 2.58. The molecule has 2 aromatic rings. The summed E-state index contributed by atoms with van der Waals surface area (Å²) in [4.78, 5) is 0. The van der Waals surface area contributed by atoms with Crippen molar-refractivity contribution in [3.05, 3.63) is 29.3 Å². The van der Waals surface area contributed by atoms with Crippen molar-refractivity contribution in [1.82, 2.24) is 5.16 Å². The molecule has 5 heteroatoms. The van der Waals surface area contributed by atoms with E-state index in [1.165, 1.54) is 7.11 Å². The molecule has 0 aliphatic heterocycles. The fraction of sp³-hybridized carbons (Fsp3) is 0.167. The number of anilines is 1. The molecule has 0 spiro atoms. The summed E-state index contributed by atoms with van der Waals surface area (Å²) < 4.78 is 9.97. The molecule has 0 saturated carbocycles. The SMILES string of the molecule is COc1c(C)cc(-c2cc(N)on2)cc1C#N. The highest BCUT2D eigenvalue weighted by Crippen LogP contribution is 2.30. The van der Waals surface area contributed by atoms with E-state index in [9.17, 15) is 0 Å². The molecule has 0 atom stereocenters. The summed E-state index contributed by atoms with van der Waals surface area (Å²) in [5.74, 6) is 0.819. The molecular formula is C12H11N3O2. The summed E-state index contributed by atoms with van der Waals surface area (Å²) in [6.07, 6.45) is 0. The molecule has 0 saturated heterocycles. The molecule has 0 fully saturated rings. The standard InChI is InChI=1S/C12H11N3O2/c1-7-3-8(10-5-11(14)17-15-10)4-9(6-13)12(7)16-2/h3-5H,14H2,1-2H3. The molecule has 0 aliphatic carbocycles. The number of aryl methyl sites for hydroxylation is 1. The first-order valence-corrected chi connectivity index (χ1v) is 4.97. The molecule has 1 aromatic heterocycles. The third-order valence-corrected chi connectivity index (χ3v) is 2.42. The first kappa shape index (κ1) is 11.0. The monoisotopic (exact) mass is 229 g/mol. The second-order valence-corrected chi connectivity index (χ2v) is 3.60. The number of rotatable bonds is 2. The molecule has 0 unspecified atom stereocenters. The fourth-order valence-corrected chi connectivity index (χ4v) is 1.70. The van der Waals surface area contributed by atoms with Gasteiger partial charge in [-0.2, -0.15) is 5.26 Å². The summed E-state index contributed by atoms with van der Waals surface area (Å²) in [5.41, 5.74) is 8.17. The zero-order valence-electron chi connectivity index (χ0n) is 9.52. The van der Waals surface area contributed by atoms with Gasteiger partial charge in [-0.15, -0.1) is 0 Å². The van der Waals surface area contributed by atoms with E-state index in [2.05, 4.69) is 11.2 Å². The van der Waals surface area contributed by atoms with Crippen molar-refractivity contribution in [2.24, 2.45) is 0 Å². The Labute approximate surface area is 98.4 Å². The number of ether oxygens (including phenoxy) is 1. The highest BCUT2D eigenvalue weighted by Gasteiger charge is 2.11. The summed E-state index contributed by atoms with van der Waals surface area (Å²) in [7, 11) is 1.54. The first-order valence-electron chi connectivity index (χ1n) is 4.97. The lowest BCUT2D eigenvalue weighted by Gasteiger charge is -2.08. The Morgan fingerprint density at radius 2 is 2.18 bits per heavy atom. The zero-order chi connectivity index (χ0) is 12.4. The molecule has 5 nitrogen and oxygen atoms in total. The molecule has 1 aromatic carbocycles. The molecule has 2 N–H and O–H groups in total. The minimum Gasteiger partial charge on any atom is -0.495 e. The molecule has 0 aliphatic rings. The lowest BCUT2D eigenvalue weighted by molar-refractivity contribution is 0.410. The van der Waals surface area contributed by atoms with Crippen molar-refractivity contribution in [2.45, 2.75) is 6.92 Å². The Morgan fingerprint density at radius 1 is 1.41 bits per heavy atom. The maximum absolute atomic E-state index is 9.05. The van der Waals surface area contributed by atoms with Crippen LogP contribution in [0.4, 0.5) is 5.88 Å². The second kappa shape index (κ2) is 4.18. The van der Waals surface area contributed by atoms with Gasteiger partial charge >= 0.3 is 0 Å². The van der Waals surface area contributed by atoms with E-state index in [0.717, 1.165) is 11.1 Å². The first-order chi connectivity index (χ1) is 8.15. The Hall–Kier alpha value is -2.48. The van der Waals surface area contributed by atoms with E-state index in [1.54, 1.807) is 12.1 Å². The van der Waals surface area contributed by atoms with Crippen LogP contribution in [-0.2, 0) is 0 Å². The van der Waals surface area contributed by atoms with E-state index >= 15 is 0 Å². The minimum atomic E-state index is 0.243. The molecule has 2 rings (SSSR count). The van der Waals surface area contributed by atoms with E-state index in [-0.39, 0.29) is 5.88 Å². The van der Waals surface area contributed by atoms with E-state index in [4.69, 9.17) is 20.3 Å². The van der Waals surface area contributed by atoms with Crippen molar-refractivity contribution in [3.8, 4) is 23.1 Å². The van der Waals surface area contributed by atoms with Gasteiger partial charge in [-0.05, 0) is 24.6 Å². The number of hydrogen-bond acceptors (Lipinski definition) is 5. The molecule has 0 radical (unpaired) electrons. The third-order valence-electron chi connectivity index (χ3n) is 2.42. The summed E-state index contributed by atoms with van der Waals surface area (Å²) in [5, 5.41) is 12.9. The molecule has 17 heavy (non-hydrogen) atoms. The van der Waals surface area contributed by atoms with Crippen LogP contribution in [0.25, 0.3) is 11.3 Å². The number of methoxy groups -OCH3 is 1. The number of nitriles is 1. The normalized spacial score (nSPS) is 9.94. The van der Waals surface area contributed by atoms with Crippen LogP contribution >= 0.6 is 0 Å². The maximum Gasteiger partial charge on any atom is 0.222 e. The van der Waals surface area contributed by atoms with Gasteiger partial charge in [0.05, 0.1) is 12.7 Å². The average molecular weight is 229 g/mol. The van der Waals surface area contributed by atoms with Crippen molar-refractivity contribution < 1.29 is 9.26 Å². The van der Waals surface area contributed by atoms with Crippen LogP contribution < -0.4 is 10.5 Å². The zero-order valence-corrected chi connectivity index (χ0v) is 9.52. The van der Waals surface area contributed by atoms with Gasteiger partial charge in [0.1, 0.15) is 17.5 Å². The van der Waals surface area contributed by atoms with Crippen LogP contribution in [0.2, 0.25) is 0 Å². The van der Waals surface area contributed by atoms with E-state index in [1.807, 2.05) is 13.0 Å². The molecular weight excluding hydrogens is 218 g/mol. The van der Waals surface area contributed by atoms with Crippen molar-refractivity contribution >= 4 is 5.88 Å². The van der Waals surface area contributed by atoms with Gasteiger partial charge in [0, 0.05) is 11.6 Å². The molecule has 1 heterocycles. The third kappa shape index (κ3) is 1.93. The average Bonchev–Trinajstić information content (AvgIpc) is 2.74. The van der Waals surface area contributed by atoms with Gasteiger partial charge in [-0.1, -0.05) is 5.16 Å². The number of nitrogens with zero attached hydrogens (tertiary/aromatic N) is 2. The Morgan fingerprint density at radius 3 is 2.71 bits per heavy atom. The van der Waals surface area contributed by atoms with Crippen molar-refractivity contribution in [3.63, 3.8) is 0 Å². The van der Waals surface area contributed by atoms with Crippen LogP contribution in [-0.4, -0.2) is 12.3 Å². The number of nitrogen functional groups attached to an aromatic ring is 1. The lowest BCUT2D eigenvalue weighted by atomic mass is 10.0. The van der Waals surface area contributed by atoms with Crippen LogP contribution in [0, 0.1) is 18.3 Å². The van der Waals surface area contributed by atoms with E-state index < -0.39 is 0 Å². The predicted molar refractivity (Wildman–Crippen MR) is 62.4 cm³/mol. The van der Waals surface area contributed by atoms with Crippen LogP contribution in [0.5, 0.6) is 5.75 Å². The number of hydrogen-bond donors (Lipinski definition) is 1. The summed E-state index contributed by atoms with van der Waals surface area (Å²) >= 11 is 0. The second-order valence-electron chi connectivity index (χ2n) is 3.60. The highest BCUT2D eigenvalue weighted by molar-refractivity contribution is 5.67. The number of aromatic nitrogens is 1. The minimum absolute atomic E-state index is 0.243. The van der Waals surface area contributed by atoms with Crippen molar-refractivity contribution in [2.75, 3.05) is 12.8 Å². The van der Waals surface area contributed by atoms with Crippen molar-refractivity contribution in [1.29, 1.82) is 5.26 Å². The lowest BCUT2D eigenvalue weighted by Crippen LogP contribution is -1.93. The topological polar surface area (TPSA) is 85.1 Å². The van der Waals surface area contributed by atoms with Gasteiger partial charge in [0.15, 0.2) is 0 Å². The van der Waals surface area contributed by atoms with Crippen LogP contribution in [0.15, 0.2) is 22.7 Å². The quantitative estimate of drug-likeness (QED) is 0.852. The number of nitrogens with two attached hydrogens (primary N) is 1. The predicted octanol–water partition coefficient (Wildman–Crippen LogP) is 2.11. The summed E-state index contributed by atoms with van der Waals surface area (Å²) in [6.45, 7) is 1.87.